The first-order valence-corrected chi connectivity index (χ1v) is 4.38. The number of aryl methyl sites for hydroxylation is 1. The van der Waals surface area contributed by atoms with Gasteiger partial charge in [-0.15, -0.1) is 0 Å². The van der Waals surface area contributed by atoms with E-state index in [9.17, 15) is 8.78 Å². The van der Waals surface area contributed by atoms with Crippen molar-refractivity contribution in [2.45, 2.75) is 6.92 Å². The summed E-state index contributed by atoms with van der Waals surface area (Å²) in [7, 11) is 0. The summed E-state index contributed by atoms with van der Waals surface area (Å²) in [4.78, 5) is 3.80. The van der Waals surface area contributed by atoms with Crippen LogP contribution < -0.4 is 0 Å². The Labute approximate surface area is 84.3 Å². The van der Waals surface area contributed by atoms with Crippen molar-refractivity contribution in [1.82, 2.24) is 4.98 Å². The molecule has 1 nitrogen and oxygen atoms in total. The lowest BCUT2D eigenvalue weighted by atomic mass is 10.1. The molecule has 0 saturated carbocycles. The first-order chi connectivity index (χ1) is 6.61. The second-order valence-electron chi connectivity index (χ2n) is 3.01. The highest BCUT2D eigenvalue weighted by atomic mass is 35.5. The van der Waals surface area contributed by atoms with Gasteiger partial charge in [-0.25, -0.2) is 8.78 Å². The number of aromatic nitrogens is 1. The molecule has 1 aromatic heterocycles. The molecule has 0 aliphatic heterocycles. The zero-order valence-corrected chi connectivity index (χ0v) is 8.07. The zero-order valence-electron chi connectivity index (χ0n) is 7.31. The fourth-order valence-electron chi connectivity index (χ4n) is 1.27. The summed E-state index contributed by atoms with van der Waals surface area (Å²) in [5.41, 5.74) is 0.714. The molecule has 0 bridgehead atoms. The van der Waals surface area contributed by atoms with Crippen molar-refractivity contribution in [1.29, 1.82) is 0 Å². The molecular weight excluding hydrogens is 208 g/mol. The third-order valence-corrected chi connectivity index (χ3v) is 2.54. The summed E-state index contributed by atoms with van der Waals surface area (Å²) in [6, 6.07) is 2.47. The molecule has 0 amide bonds. The first kappa shape index (κ1) is 9.34. The van der Waals surface area contributed by atoms with Crippen molar-refractivity contribution in [3.8, 4) is 0 Å². The van der Waals surface area contributed by atoms with Gasteiger partial charge in [0.15, 0.2) is 11.6 Å². The quantitative estimate of drug-likeness (QED) is 0.653. The molecule has 2 rings (SSSR count). The monoisotopic (exact) mass is 213 g/mol. The normalized spacial score (nSPS) is 10.9. The number of rotatable bonds is 0. The lowest BCUT2D eigenvalue weighted by molar-refractivity contribution is 0.515. The summed E-state index contributed by atoms with van der Waals surface area (Å²) in [5.74, 6) is -1.87. The van der Waals surface area contributed by atoms with E-state index in [1.165, 1.54) is 12.3 Å². The number of benzene rings is 1. The van der Waals surface area contributed by atoms with Gasteiger partial charge in [-0.05, 0) is 24.6 Å². The summed E-state index contributed by atoms with van der Waals surface area (Å²) in [6.45, 7) is 1.76. The molecule has 0 aliphatic rings. The molecule has 0 saturated heterocycles. The van der Waals surface area contributed by atoms with E-state index < -0.39 is 11.6 Å². The predicted molar refractivity (Wildman–Crippen MR) is 51.4 cm³/mol. The Bertz CT molecular complexity index is 464. The van der Waals surface area contributed by atoms with Gasteiger partial charge < -0.3 is 0 Å². The molecule has 1 aromatic carbocycles. The molecule has 2 aromatic rings. The highest BCUT2D eigenvalue weighted by molar-refractivity contribution is 6.36. The Balaban J connectivity index is 2.94. The minimum Gasteiger partial charge on any atom is -0.253 e. The van der Waals surface area contributed by atoms with Gasteiger partial charge in [0.25, 0.3) is 0 Å². The summed E-state index contributed by atoms with van der Waals surface area (Å²) in [5, 5.41) is 0.847. The van der Waals surface area contributed by atoms with Crippen LogP contribution in [0.3, 0.4) is 0 Å². The fourth-order valence-corrected chi connectivity index (χ4v) is 1.48. The molecule has 0 aliphatic carbocycles. The van der Waals surface area contributed by atoms with Crippen LogP contribution in [0.5, 0.6) is 0 Å². The third-order valence-electron chi connectivity index (χ3n) is 2.04. The molecule has 0 spiro atoms. The Morgan fingerprint density at radius 2 is 2.00 bits per heavy atom. The van der Waals surface area contributed by atoms with Crippen LogP contribution >= 0.6 is 11.6 Å². The summed E-state index contributed by atoms with van der Waals surface area (Å²) < 4.78 is 26.0. The van der Waals surface area contributed by atoms with E-state index in [4.69, 9.17) is 11.6 Å². The molecule has 4 heteroatoms. The molecule has 0 atom stereocenters. The molecule has 1 heterocycles. The molecule has 0 radical (unpaired) electrons. The number of pyridine rings is 1. The van der Waals surface area contributed by atoms with Crippen LogP contribution in [-0.4, -0.2) is 4.98 Å². The fraction of sp³-hybridized carbons (Fsp3) is 0.100. The van der Waals surface area contributed by atoms with E-state index in [0.717, 1.165) is 11.6 Å². The second kappa shape index (κ2) is 3.17. The van der Waals surface area contributed by atoms with Crippen LogP contribution in [0.25, 0.3) is 10.9 Å². The van der Waals surface area contributed by atoms with Crippen molar-refractivity contribution < 1.29 is 8.78 Å². The molecule has 14 heavy (non-hydrogen) atoms. The third kappa shape index (κ3) is 1.24. The largest absolute Gasteiger partial charge is 0.253 e. The predicted octanol–water partition coefficient (Wildman–Crippen LogP) is 3.47. The Hall–Kier alpha value is -1.22. The molecule has 0 unspecified atom stereocenters. The Kier molecular flexibility index (Phi) is 2.11. The minimum atomic E-state index is -0.954. The highest BCUT2D eigenvalue weighted by Crippen LogP contribution is 2.27. The number of hydrogen-bond donors (Lipinski definition) is 0. The van der Waals surface area contributed by atoms with Crippen molar-refractivity contribution in [3.05, 3.63) is 40.6 Å². The molecule has 0 N–H and O–H groups in total. The van der Waals surface area contributed by atoms with Gasteiger partial charge >= 0.3 is 0 Å². The maximum Gasteiger partial charge on any atom is 0.185 e. The van der Waals surface area contributed by atoms with Gasteiger partial charge in [-0.2, -0.15) is 0 Å². The van der Waals surface area contributed by atoms with Crippen LogP contribution in [0.15, 0.2) is 18.3 Å². The van der Waals surface area contributed by atoms with Crippen molar-refractivity contribution in [2.75, 3.05) is 0 Å². The van der Waals surface area contributed by atoms with Crippen LogP contribution in [0, 0.1) is 18.6 Å². The maximum atomic E-state index is 13.2. The minimum absolute atomic E-state index is 0.0272. The second-order valence-corrected chi connectivity index (χ2v) is 3.39. The average Bonchev–Trinajstić information content (AvgIpc) is 2.17. The summed E-state index contributed by atoms with van der Waals surface area (Å²) in [6.07, 6.45) is 1.42. The van der Waals surface area contributed by atoms with E-state index >= 15 is 0 Å². The van der Waals surface area contributed by atoms with E-state index in [1.54, 1.807) is 6.92 Å². The smallest absolute Gasteiger partial charge is 0.185 e. The van der Waals surface area contributed by atoms with E-state index in [1.807, 2.05) is 0 Å². The number of hydrogen-bond acceptors (Lipinski definition) is 1. The Morgan fingerprint density at radius 1 is 1.29 bits per heavy atom. The van der Waals surface area contributed by atoms with E-state index in [2.05, 4.69) is 4.98 Å². The highest BCUT2D eigenvalue weighted by Gasteiger charge is 2.11. The summed E-state index contributed by atoms with van der Waals surface area (Å²) >= 11 is 5.92. The van der Waals surface area contributed by atoms with Crippen LogP contribution in [-0.2, 0) is 0 Å². The lowest BCUT2D eigenvalue weighted by Gasteiger charge is -2.03. The number of fused-ring (bicyclic) bond motifs is 1. The van der Waals surface area contributed by atoms with Crippen molar-refractivity contribution in [2.24, 2.45) is 0 Å². The van der Waals surface area contributed by atoms with Crippen LogP contribution in [0.2, 0.25) is 5.02 Å². The molecule has 0 fully saturated rings. The first-order valence-electron chi connectivity index (χ1n) is 4.00. The standard InChI is InChI=1S/C10H6ClF2N/c1-5-4-14-10-6(8(5)11)2-3-7(12)9(10)13/h2-4H,1H3. The van der Waals surface area contributed by atoms with E-state index in [0.29, 0.717) is 10.4 Å². The number of nitrogens with zero attached hydrogens (tertiary/aromatic N) is 1. The van der Waals surface area contributed by atoms with Gasteiger partial charge in [-0.3, -0.25) is 4.98 Å². The topological polar surface area (TPSA) is 12.9 Å². The number of halogens is 3. The van der Waals surface area contributed by atoms with Gasteiger partial charge in [0.1, 0.15) is 5.52 Å². The average molecular weight is 214 g/mol. The van der Waals surface area contributed by atoms with Gasteiger partial charge in [-0.1, -0.05) is 11.6 Å². The van der Waals surface area contributed by atoms with Gasteiger partial charge in [0.05, 0.1) is 5.02 Å². The van der Waals surface area contributed by atoms with Crippen LogP contribution in [0.1, 0.15) is 5.56 Å². The van der Waals surface area contributed by atoms with Crippen LogP contribution in [0.4, 0.5) is 8.78 Å². The Morgan fingerprint density at radius 3 is 2.71 bits per heavy atom. The van der Waals surface area contributed by atoms with Crippen molar-refractivity contribution >= 4 is 22.5 Å². The molecular formula is C10H6ClF2N. The lowest BCUT2D eigenvalue weighted by Crippen LogP contribution is -1.91. The SMILES string of the molecule is Cc1cnc2c(F)c(F)ccc2c1Cl. The molecule has 72 valence electrons. The van der Waals surface area contributed by atoms with Gasteiger partial charge in [0, 0.05) is 11.6 Å². The maximum absolute atomic E-state index is 13.2. The van der Waals surface area contributed by atoms with Crippen molar-refractivity contribution in [3.63, 3.8) is 0 Å². The zero-order chi connectivity index (χ0) is 10.3. The van der Waals surface area contributed by atoms with Gasteiger partial charge in [0.2, 0.25) is 0 Å². The van der Waals surface area contributed by atoms with E-state index in [-0.39, 0.29) is 5.52 Å².